The number of fused-ring (bicyclic) bond motifs is 1. The Hall–Kier alpha value is -1.68. The van der Waals surface area contributed by atoms with E-state index in [1.54, 1.807) is 11.3 Å². The minimum absolute atomic E-state index is 0.710. The molecule has 1 aliphatic rings. The molecule has 0 aliphatic heterocycles. The lowest BCUT2D eigenvalue weighted by Crippen LogP contribution is -1.83. The third-order valence-corrected chi connectivity index (χ3v) is 4.14. The Balaban J connectivity index is 0.000000528. The first-order valence-corrected chi connectivity index (χ1v) is 7.63. The number of nitrogens with zero attached hydrogens (tertiary/aromatic N) is 3. The van der Waals surface area contributed by atoms with Crippen molar-refractivity contribution in [3.05, 3.63) is 41.5 Å². The SMILES string of the molecule is CC.c1ccc(-c2cn3nc(C4CC4)sc3n2)cc1. The van der Waals surface area contributed by atoms with Gasteiger partial charge in [-0.2, -0.15) is 5.10 Å². The molecule has 4 rings (SSSR count). The average Bonchev–Trinajstić information content (AvgIpc) is 3.13. The fraction of sp³-hybridized carbons (Fsp3) is 0.333. The highest BCUT2D eigenvalue weighted by molar-refractivity contribution is 7.16. The molecule has 1 aromatic carbocycles. The van der Waals surface area contributed by atoms with Gasteiger partial charge >= 0.3 is 0 Å². The number of hydrogen-bond donors (Lipinski definition) is 0. The third kappa shape index (κ3) is 2.40. The van der Waals surface area contributed by atoms with Crippen molar-refractivity contribution in [2.75, 3.05) is 0 Å². The van der Waals surface area contributed by atoms with Crippen LogP contribution in [0.1, 0.15) is 37.6 Å². The van der Waals surface area contributed by atoms with E-state index in [2.05, 4.69) is 22.2 Å². The average molecular weight is 271 g/mol. The maximum absolute atomic E-state index is 4.63. The first kappa shape index (κ1) is 12.4. The molecule has 1 aliphatic carbocycles. The van der Waals surface area contributed by atoms with Gasteiger partial charge < -0.3 is 0 Å². The Morgan fingerprint density at radius 3 is 2.53 bits per heavy atom. The van der Waals surface area contributed by atoms with Crippen LogP contribution < -0.4 is 0 Å². The zero-order valence-electron chi connectivity index (χ0n) is 11.2. The van der Waals surface area contributed by atoms with Gasteiger partial charge in [0.05, 0.1) is 11.9 Å². The molecule has 2 heterocycles. The molecule has 3 nitrogen and oxygen atoms in total. The smallest absolute Gasteiger partial charge is 0.212 e. The summed E-state index contributed by atoms with van der Waals surface area (Å²) in [5, 5.41) is 5.84. The maximum atomic E-state index is 4.63. The van der Waals surface area contributed by atoms with Crippen LogP contribution in [0.3, 0.4) is 0 Å². The highest BCUT2D eigenvalue weighted by Crippen LogP contribution is 2.41. The lowest BCUT2D eigenvalue weighted by molar-refractivity contribution is 0.905. The van der Waals surface area contributed by atoms with Crippen LogP contribution in [0.4, 0.5) is 0 Å². The van der Waals surface area contributed by atoms with E-state index in [1.807, 2.05) is 42.8 Å². The van der Waals surface area contributed by atoms with Gasteiger partial charge in [0.2, 0.25) is 4.96 Å². The van der Waals surface area contributed by atoms with Crippen molar-refractivity contribution < 1.29 is 0 Å². The first-order chi connectivity index (χ1) is 9.40. The summed E-state index contributed by atoms with van der Waals surface area (Å²) in [5.41, 5.74) is 2.16. The fourth-order valence-electron chi connectivity index (χ4n) is 1.96. The number of rotatable bonds is 2. The molecule has 0 bridgehead atoms. The third-order valence-electron chi connectivity index (χ3n) is 3.05. The predicted octanol–water partition coefficient (Wildman–Crippen LogP) is 4.36. The van der Waals surface area contributed by atoms with Crippen LogP contribution in [0.25, 0.3) is 16.2 Å². The molecule has 98 valence electrons. The van der Waals surface area contributed by atoms with Gasteiger partial charge in [-0.25, -0.2) is 9.50 Å². The number of imidazole rings is 1. The summed E-state index contributed by atoms with van der Waals surface area (Å²) in [7, 11) is 0. The van der Waals surface area contributed by atoms with Crippen molar-refractivity contribution >= 4 is 16.3 Å². The highest BCUT2D eigenvalue weighted by atomic mass is 32.1. The van der Waals surface area contributed by atoms with E-state index in [4.69, 9.17) is 0 Å². The summed E-state index contributed by atoms with van der Waals surface area (Å²) in [6.45, 7) is 4.00. The lowest BCUT2D eigenvalue weighted by Gasteiger charge is -1.93. The standard InChI is InChI=1S/C13H11N3S.C2H6/c1-2-4-9(5-3-1)11-8-16-13(14-11)17-12(15-16)10-6-7-10;1-2/h1-5,8,10H,6-7H2;1-2H3. The molecule has 4 heteroatoms. The van der Waals surface area contributed by atoms with Crippen LogP contribution in [0.5, 0.6) is 0 Å². The van der Waals surface area contributed by atoms with E-state index >= 15 is 0 Å². The van der Waals surface area contributed by atoms with Gasteiger partial charge in [0.25, 0.3) is 0 Å². The van der Waals surface area contributed by atoms with Gasteiger partial charge in [-0.1, -0.05) is 55.5 Å². The van der Waals surface area contributed by atoms with Crippen LogP contribution in [0.15, 0.2) is 36.5 Å². The number of benzene rings is 1. The van der Waals surface area contributed by atoms with Gasteiger partial charge in [-0.3, -0.25) is 0 Å². The zero-order chi connectivity index (χ0) is 13.2. The number of aromatic nitrogens is 3. The first-order valence-electron chi connectivity index (χ1n) is 6.82. The fourth-order valence-corrected chi connectivity index (χ4v) is 3.01. The van der Waals surface area contributed by atoms with E-state index in [0.29, 0.717) is 5.92 Å². The molecular weight excluding hydrogens is 254 g/mol. The molecule has 1 fully saturated rings. The van der Waals surface area contributed by atoms with Crippen molar-refractivity contribution in [2.45, 2.75) is 32.6 Å². The molecule has 0 atom stereocenters. The Bertz CT molecular complexity index is 634. The predicted molar refractivity (Wildman–Crippen MR) is 79.6 cm³/mol. The summed E-state index contributed by atoms with van der Waals surface area (Å²) in [4.78, 5) is 5.64. The van der Waals surface area contributed by atoms with Crippen molar-refractivity contribution in [2.24, 2.45) is 0 Å². The molecule has 0 saturated heterocycles. The Kier molecular flexibility index (Phi) is 3.34. The molecule has 0 unspecified atom stereocenters. The van der Waals surface area contributed by atoms with Gasteiger partial charge in [0.15, 0.2) is 0 Å². The molecule has 19 heavy (non-hydrogen) atoms. The minimum Gasteiger partial charge on any atom is -0.217 e. The van der Waals surface area contributed by atoms with E-state index in [-0.39, 0.29) is 0 Å². The molecule has 0 spiro atoms. The maximum Gasteiger partial charge on any atom is 0.212 e. The Labute approximate surface area is 116 Å². The number of hydrogen-bond acceptors (Lipinski definition) is 3. The zero-order valence-corrected chi connectivity index (χ0v) is 12.0. The van der Waals surface area contributed by atoms with Gasteiger partial charge in [-0.05, 0) is 12.8 Å². The van der Waals surface area contributed by atoms with Crippen molar-refractivity contribution in [3.63, 3.8) is 0 Å². The van der Waals surface area contributed by atoms with Crippen LogP contribution in [-0.4, -0.2) is 14.6 Å². The van der Waals surface area contributed by atoms with E-state index in [1.165, 1.54) is 17.8 Å². The molecule has 0 amide bonds. The van der Waals surface area contributed by atoms with E-state index < -0.39 is 0 Å². The van der Waals surface area contributed by atoms with Crippen LogP contribution >= 0.6 is 11.3 Å². The summed E-state index contributed by atoms with van der Waals surface area (Å²) in [5.74, 6) is 0.710. The summed E-state index contributed by atoms with van der Waals surface area (Å²) >= 11 is 1.72. The quantitative estimate of drug-likeness (QED) is 0.693. The lowest BCUT2D eigenvalue weighted by atomic mass is 10.2. The Morgan fingerprint density at radius 1 is 1.16 bits per heavy atom. The Morgan fingerprint density at radius 2 is 1.89 bits per heavy atom. The summed E-state index contributed by atoms with van der Waals surface area (Å²) in [6, 6.07) is 10.2. The minimum atomic E-state index is 0.710. The second-order valence-electron chi connectivity index (χ2n) is 4.43. The highest BCUT2D eigenvalue weighted by Gasteiger charge is 2.27. The normalized spacial score (nSPS) is 14.2. The monoisotopic (exact) mass is 271 g/mol. The van der Waals surface area contributed by atoms with E-state index in [0.717, 1.165) is 16.2 Å². The van der Waals surface area contributed by atoms with Crippen molar-refractivity contribution in [3.8, 4) is 11.3 Å². The van der Waals surface area contributed by atoms with Gasteiger partial charge in [0.1, 0.15) is 5.01 Å². The van der Waals surface area contributed by atoms with E-state index in [9.17, 15) is 0 Å². The largest absolute Gasteiger partial charge is 0.217 e. The van der Waals surface area contributed by atoms with Crippen LogP contribution in [0, 0.1) is 0 Å². The van der Waals surface area contributed by atoms with Gasteiger partial charge in [-0.15, -0.1) is 0 Å². The van der Waals surface area contributed by atoms with Crippen molar-refractivity contribution in [1.82, 2.24) is 14.6 Å². The summed E-state index contributed by atoms with van der Waals surface area (Å²) < 4.78 is 1.92. The molecule has 1 saturated carbocycles. The van der Waals surface area contributed by atoms with Crippen LogP contribution in [-0.2, 0) is 0 Å². The molecule has 2 aromatic heterocycles. The second kappa shape index (κ2) is 5.13. The second-order valence-corrected chi connectivity index (χ2v) is 5.42. The topological polar surface area (TPSA) is 30.2 Å². The molecule has 0 radical (unpaired) electrons. The molecule has 0 N–H and O–H groups in total. The van der Waals surface area contributed by atoms with Crippen molar-refractivity contribution in [1.29, 1.82) is 0 Å². The molecule has 3 aromatic rings. The van der Waals surface area contributed by atoms with Gasteiger partial charge in [0, 0.05) is 11.5 Å². The van der Waals surface area contributed by atoms with Crippen LogP contribution in [0.2, 0.25) is 0 Å². The summed E-state index contributed by atoms with van der Waals surface area (Å²) in [6.07, 6.45) is 4.61. The molecular formula is C15H17N3S.